The van der Waals surface area contributed by atoms with Gasteiger partial charge in [0.25, 0.3) is 0 Å². The lowest BCUT2D eigenvalue weighted by molar-refractivity contribution is 0.0977. The molecule has 1 aromatic carbocycles. The minimum absolute atomic E-state index is 0.0703. The maximum Gasteiger partial charge on any atom is 0.166 e. The lowest BCUT2D eigenvalue weighted by Crippen LogP contribution is -2.03. The van der Waals surface area contributed by atoms with Crippen molar-refractivity contribution in [3.8, 4) is 0 Å². The highest BCUT2D eigenvalue weighted by atomic mass is 35.5. The molecular weight excluding hydrogens is 243 g/mol. The second kappa shape index (κ2) is 5.15. The Hall–Kier alpha value is -1.61. The normalized spacial score (nSPS) is 10.5. The molecule has 0 N–H and O–H groups in total. The fourth-order valence-corrected chi connectivity index (χ4v) is 1.70. The van der Waals surface area contributed by atoms with E-state index in [1.54, 1.807) is 18.4 Å². The van der Waals surface area contributed by atoms with Gasteiger partial charge in [0.05, 0.1) is 11.8 Å². The Balaban J connectivity index is 2.04. The van der Waals surface area contributed by atoms with Crippen LogP contribution in [0, 0.1) is 5.82 Å². The average molecular weight is 253 g/mol. The Morgan fingerprint density at radius 3 is 2.82 bits per heavy atom. The molecule has 0 unspecified atom stereocenters. The van der Waals surface area contributed by atoms with Gasteiger partial charge in [0.2, 0.25) is 0 Å². The standard InChI is InChI=1S/C13H10ClFO2/c14-9-3-5-11(12(15)8-9)13(16)6-4-10-2-1-7-17-10/h1-3,5,7-8H,4,6H2. The molecule has 2 aromatic rings. The number of halogens is 2. The third-order valence-corrected chi connectivity index (χ3v) is 2.65. The second-order valence-corrected chi connectivity index (χ2v) is 4.06. The van der Waals surface area contributed by atoms with Crippen molar-refractivity contribution in [3.05, 3.63) is 58.8 Å². The van der Waals surface area contributed by atoms with Crippen LogP contribution in [0.3, 0.4) is 0 Å². The van der Waals surface area contributed by atoms with E-state index in [4.69, 9.17) is 16.0 Å². The van der Waals surface area contributed by atoms with E-state index >= 15 is 0 Å². The number of benzene rings is 1. The smallest absolute Gasteiger partial charge is 0.166 e. The summed E-state index contributed by atoms with van der Waals surface area (Å²) in [5, 5.41) is 0.282. The van der Waals surface area contributed by atoms with Gasteiger partial charge in [0, 0.05) is 17.9 Å². The molecule has 0 aliphatic carbocycles. The minimum Gasteiger partial charge on any atom is -0.469 e. The molecule has 2 nitrogen and oxygen atoms in total. The van der Waals surface area contributed by atoms with Crippen LogP contribution in [0.1, 0.15) is 22.5 Å². The highest BCUT2D eigenvalue weighted by Gasteiger charge is 2.12. The van der Waals surface area contributed by atoms with Crippen molar-refractivity contribution in [1.82, 2.24) is 0 Å². The van der Waals surface area contributed by atoms with Gasteiger partial charge in [0.15, 0.2) is 5.78 Å². The molecule has 0 aliphatic heterocycles. The predicted molar refractivity (Wildman–Crippen MR) is 62.8 cm³/mol. The van der Waals surface area contributed by atoms with Gasteiger partial charge < -0.3 is 4.42 Å². The summed E-state index contributed by atoms with van der Waals surface area (Å²) in [7, 11) is 0. The van der Waals surface area contributed by atoms with E-state index in [2.05, 4.69) is 0 Å². The molecule has 0 saturated heterocycles. The van der Waals surface area contributed by atoms with Gasteiger partial charge in [-0.3, -0.25) is 4.79 Å². The summed E-state index contributed by atoms with van der Waals surface area (Å²) < 4.78 is 18.5. The van der Waals surface area contributed by atoms with Gasteiger partial charge in [0.1, 0.15) is 11.6 Å². The molecule has 1 aromatic heterocycles. The number of carbonyl (C=O) groups excluding carboxylic acids is 1. The molecular formula is C13H10ClFO2. The molecule has 2 rings (SSSR count). The summed E-state index contributed by atoms with van der Waals surface area (Å²) in [6.07, 6.45) is 2.22. The van der Waals surface area contributed by atoms with Crippen LogP contribution in [0.25, 0.3) is 0 Å². The monoisotopic (exact) mass is 252 g/mol. The minimum atomic E-state index is -0.582. The summed E-state index contributed by atoms with van der Waals surface area (Å²) in [5.41, 5.74) is 0.0703. The highest BCUT2D eigenvalue weighted by Crippen LogP contribution is 2.17. The summed E-state index contributed by atoms with van der Waals surface area (Å²) in [5.74, 6) is -0.120. The van der Waals surface area contributed by atoms with Gasteiger partial charge in [-0.25, -0.2) is 4.39 Å². The van der Waals surface area contributed by atoms with Crippen LogP contribution in [-0.2, 0) is 6.42 Å². The first-order chi connectivity index (χ1) is 8.16. The fourth-order valence-electron chi connectivity index (χ4n) is 1.54. The number of hydrogen-bond donors (Lipinski definition) is 0. The van der Waals surface area contributed by atoms with E-state index in [1.807, 2.05) is 0 Å². The zero-order valence-electron chi connectivity index (χ0n) is 8.95. The number of ketones is 1. The Morgan fingerprint density at radius 2 is 2.18 bits per heavy atom. The van der Waals surface area contributed by atoms with Crippen molar-refractivity contribution in [1.29, 1.82) is 0 Å². The van der Waals surface area contributed by atoms with E-state index in [9.17, 15) is 9.18 Å². The van der Waals surface area contributed by atoms with Crippen LogP contribution in [0.4, 0.5) is 4.39 Å². The number of hydrogen-bond acceptors (Lipinski definition) is 2. The summed E-state index contributed by atoms with van der Waals surface area (Å²) in [6.45, 7) is 0. The van der Waals surface area contributed by atoms with Crippen LogP contribution in [0.2, 0.25) is 5.02 Å². The van der Waals surface area contributed by atoms with Crippen molar-refractivity contribution in [2.45, 2.75) is 12.8 Å². The molecule has 4 heteroatoms. The molecule has 1 heterocycles. The van der Waals surface area contributed by atoms with E-state index in [1.165, 1.54) is 12.1 Å². The first-order valence-corrected chi connectivity index (χ1v) is 5.55. The van der Waals surface area contributed by atoms with Crippen LogP contribution < -0.4 is 0 Å². The first kappa shape index (κ1) is 11.9. The molecule has 88 valence electrons. The number of rotatable bonds is 4. The summed E-state index contributed by atoms with van der Waals surface area (Å²) in [6, 6.07) is 7.59. The maximum absolute atomic E-state index is 13.4. The molecule has 0 fully saturated rings. The summed E-state index contributed by atoms with van der Waals surface area (Å²) in [4.78, 5) is 11.7. The highest BCUT2D eigenvalue weighted by molar-refractivity contribution is 6.30. The van der Waals surface area contributed by atoms with Crippen molar-refractivity contribution in [3.63, 3.8) is 0 Å². The Kier molecular flexibility index (Phi) is 3.59. The van der Waals surface area contributed by atoms with E-state index in [0.29, 0.717) is 12.2 Å². The molecule has 0 aliphatic rings. The zero-order chi connectivity index (χ0) is 12.3. The number of furan rings is 1. The number of Topliss-reactive ketones (excluding diaryl/α,β-unsaturated/α-hetero) is 1. The molecule has 0 atom stereocenters. The van der Waals surface area contributed by atoms with Gasteiger partial charge in [-0.1, -0.05) is 11.6 Å². The predicted octanol–water partition coefficient (Wildman–Crippen LogP) is 3.89. The quantitative estimate of drug-likeness (QED) is 0.773. The number of carbonyl (C=O) groups is 1. The third-order valence-electron chi connectivity index (χ3n) is 2.41. The van der Waals surface area contributed by atoms with Gasteiger partial charge in [-0.05, 0) is 30.3 Å². The van der Waals surface area contributed by atoms with Crippen LogP contribution in [0.15, 0.2) is 41.0 Å². The topological polar surface area (TPSA) is 30.2 Å². The van der Waals surface area contributed by atoms with Crippen molar-refractivity contribution < 1.29 is 13.6 Å². The van der Waals surface area contributed by atoms with Crippen LogP contribution in [0.5, 0.6) is 0 Å². The lowest BCUT2D eigenvalue weighted by atomic mass is 10.1. The van der Waals surface area contributed by atoms with Crippen molar-refractivity contribution >= 4 is 17.4 Å². The third kappa shape index (κ3) is 2.94. The van der Waals surface area contributed by atoms with E-state index in [0.717, 1.165) is 6.07 Å². The molecule has 0 saturated carbocycles. The molecule has 0 spiro atoms. The average Bonchev–Trinajstić information content (AvgIpc) is 2.78. The fraction of sp³-hybridized carbons (Fsp3) is 0.154. The summed E-state index contributed by atoms with van der Waals surface area (Å²) >= 11 is 5.61. The molecule has 0 radical (unpaired) electrons. The molecule has 0 amide bonds. The number of aryl methyl sites for hydroxylation is 1. The SMILES string of the molecule is O=C(CCc1ccco1)c1ccc(Cl)cc1F. The van der Waals surface area contributed by atoms with E-state index < -0.39 is 5.82 Å². The molecule has 17 heavy (non-hydrogen) atoms. The van der Waals surface area contributed by atoms with E-state index in [-0.39, 0.29) is 22.8 Å². The Morgan fingerprint density at radius 1 is 1.35 bits per heavy atom. The van der Waals surface area contributed by atoms with Gasteiger partial charge >= 0.3 is 0 Å². The van der Waals surface area contributed by atoms with Crippen molar-refractivity contribution in [2.24, 2.45) is 0 Å². The Bertz CT molecular complexity index is 520. The van der Waals surface area contributed by atoms with Gasteiger partial charge in [-0.2, -0.15) is 0 Å². The lowest BCUT2D eigenvalue weighted by Gasteiger charge is -2.02. The maximum atomic E-state index is 13.4. The first-order valence-electron chi connectivity index (χ1n) is 5.17. The zero-order valence-corrected chi connectivity index (χ0v) is 9.71. The van der Waals surface area contributed by atoms with Crippen LogP contribution >= 0.6 is 11.6 Å². The Labute approximate surface area is 103 Å². The van der Waals surface area contributed by atoms with Crippen LogP contribution in [-0.4, -0.2) is 5.78 Å². The van der Waals surface area contributed by atoms with Crippen molar-refractivity contribution in [2.75, 3.05) is 0 Å². The van der Waals surface area contributed by atoms with Gasteiger partial charge in [-0.15, -0.1) is 0 Å². The molecule has 0 bridgehead atoms. The second-order valence-electron chi connectivity index (χ2n) is 3.63. The largest absolute Gasteiger partial charge is 0.469 e.